The molecule has 1 aromatic carbocycles. The van der Waals surface area contributed by atoms with Crippen molar-refractivity contribution >= 4 is 10.9 Å². The van der Waals surface area contributed by atoms with E-state index in [-0.39, 0.29) is 6.04 Å². The van der Waals surface area contributed by atoms with Crippen LogP contribution in [0.1, 0.15) is 18.1 Å². The molecule has 86 valence electrons. The van der Waals surface area contributed by atoms with Gasteiger partial charge in [0.25, 0.3) is 0 Å². The number of H-pyrrole nitrogens is 1. The van der Waals surface area contributed by atoms with Crippen LogP contribution < -0.4 is 5.73 Å². The normalized spacial score (nSPS) is 15.2. The molecule has 0 amide bonds. The summed E-state index contributed by atoms with van der Waals surface area (Å²) in [6.45, 7) is 3.76. The minimum absolute atomic E-state index is 0.219. The fourth-order valence-corrected chi connectivity index (χ4v) is 1.87. The van der Waals surface area contributed by atoms with E-state index in [0.717, 1.165) is 22.0 Å². The molecule has 0 fully saturated rings. The largest absolute Gasteiger partial charge is 0.392 e. The fourth-order valence-electron chi connectivity index (χ4n) is 1.87. The zero-order valence-corrected chi connectivity index (χ0v) is 9.57. The van der Waals surface area contributed by atoms with Crippen molar-refractivity contribution in [2.45, 2.75) is 32.4 Å². The number of hydrogen-bond donors (Lipinski definition) is 3. The van der Waals surface area contributed by atoms with Crippen LogP contribution in [0.5, 0.6) is 0 Å². The number of aromatic nitrogens is 2. The highest BCUT2D eigenvalue weighted by atomic mass is 16.3. The van der Waals surface area contributed by atoms with E-state index in [9.17, 15) is 5.11 Å². The molecule has 1 unspecified atom stereocenters. The summed E-state index contributed by atoms with van der Waals surface area (Å²) >= 11 is 0. The number of benzene rings is 1. The van der Waals surface area contributed by atoms with E-state index in [1.807, 2.05) is 6.92 Å². The SMILES string of the molecule is Cc1cc(CC(N)[C@@H](C)O)cc2cn[nH]c12. The van der Waals surface area contributed by atoms with Crippen LogP contribution >= 0.6 is 0 Å². The molecule has 0 spiro atoms. The second kappa shape index (κ2) is 4.23. The second-order valence-electron chi connectivity index (χ2n) is 4.36. The van der Waals surface area contributed by atoms with Crippen molar-refractivity contribution < 1.29 is 5.11 Å². The van der Waals surface area contributed by atoms with Crippen LogP contribution in [0.4, 0.5) is 0 Å². The van der Waals surface area contributed by atoms with Crippen LogP contribution in [0.3, 0.4) is 0 Å². The van der Waals surface area contributed by atoms with Crippen LogP contribution in [-0.2, 0) is 6.42 Å². The van der Waals surface area contributed by atoms with Gasteiger partial charge in [-0.3, -0.25) is 5.10 Å². The number of aliphatic hydroxyl groups is 1. The molecular weight excluding hydrogens is 202 g/mol. The first-order valence-electron chi connectivity index (χ1n) is 5.44. The van der Waals surface area contributed by atoms with Crippen molar-refractivity contribution in [1.82, 2.24) is 10.2 Å². The number of rotatable bonds is 3. The Morgan fingerprint density at radius 2 is 2.25 bits per heavy atom. The molecule has 0 bridgehead atoms. The van der Waals surface area contributed by atoms with Gasteiger partial charge in [-0.05, 0) is 37.5 Å². The van der Waals surface area contributed by atoms with E-state index in [0.29, 0.717) is 6.42 Å². The van der Waals surface area contributed by atoms with Crippen molar-refractivity contribution in [2.75, 3.05) is 0 Å². The molecule has 0 radical (unpaired) electrons. The molecular formula is C12H17N3O. The number of aromatic amines is 1. The van der Waals surface area contributed by atoms with E-state index < -0.39 is 6.10 Å². The van der Waals surface area contributed by atoms with E-state index in [4.69, 9.17) is 5.73 Å². The standard InChI is InChI=1S/C12H17N3O/c1-7-3-9(5-11(13)8(2)16)4-10-6-14-15-12(7)10/h3-4,6,8,11,16H,5,13H2,1-2H3,(H,14,15)/t8-,11?/m1/s1. The molecule has 0 saturated carbocycles. The van der Waals surface area contributed by atoms with Crippen LogP contribution in [-0.4, -0.2) is 27.4 Å². The average Bonchev–Trinajstić information content (AvgIpc) is 2.65. The Morgan fingerprint density at radius 3 is 2.94 bits per heavy atom. The molecule has 0 aliphatic carbocycles. The highest BCUT2D eigenvalue weighted by Gasteiger charge is 2.11. The molecule has 1 heterocycles. The molecule has 2 aromatic rings. The molecule has 0 aliphatic heterocycles. The highest BCUT2D eigenvalue weighted by Crippen LogP contribution is 2.19. The van der Waals surface area contributed by atoms with Crippen LogP contribution in [0.25, 0.3) is 10.9 Å². The summed E-state index contributed by atoms with van der Waals surface area (Å²) in [5.74, 6) is 0. The maximum Gasteiger partial charge on any atom is 0.0679 e. The first-order valence-corrected chi connectivity index (χ1v) is 5.44. The summed E-state index contributed by atoms with van der Waals surface area (Å²) in [5, 5.41) is 17.4. The van der Waals surface area contributed by atoms with Gasteiger partial charge in [-0.2, -0.15) is 5.10 Å². The smallest absolute Gasteiger partial charge is 0.0679 e. The quantitative estimate of drug-likeness (QED) is 0.724. The summed E-state index contributed by atoms with van der Waals surface area (Å²) in [4.78, 5) is 0. The zero-order chi connectivity index (χ0) is 11.7. The Labute approximate surface area is 94.5 Å². The van der Waals surface area contributed by atoms with Gasteiger partial charge in [0.1, 0.15) is 0 Å². The van der Waals surface area contributed by atoms with Gasteiger partial charge in [0.2, 0.25) is 0 Å². The molecule has 0 saturated heterocycles. The van der Waals surface area contributed by atoms with Crippen LogP contribution in [0.2, 0.25) is 0 Å². The van der Waals surface area contributed by atoms with Crippen LogP contribution in [0.15, 0.2) is 18.3 Å². The molecule has 4 nitrogen and oxygen atoms in total. The lowest BCUT2D eigenvalue weighted by Crippen LogP contribution is -2.34. The molecule has 1 aromatic heterocycles. The number of hydrogen-bond acceptors (Lipinski definition) is 3. The Balaban J connectivity index is 2.31. The number of fused-ring (bicyclic) bond motifs is 1. The third kappa shape index (κ3) is 2.08. The lowest BCUT2D eigenvalue weighted by molar-refractivity contribution is 0.163. The molecule has 2 rings (SSSR count). The van der Waals surface area contributed by atoms with Crippen molar-refractivity contribution in [3.63, 3.8) is 0 Å². The summed E-state index contributed by atoms with van der Waals surface area (Å²) in [5.41, 5.74) is 9.20. The summed E-state index contributed by atoms with van der Waals surface area (Å²) in [7, 11) is 0. The average molecular weight is 219 g/mol. The predicted octanol–water partition coefficient (Wildman–Crippen LogP) is 1.12. The fraction of sp³-hybridized carbons (Fsp3) is 0.417. The number of nitrogens with zero attached hydrogens (tertiary/aromatic N) is 1. The molecule has 4 N–H and O–H groups in total. The third-order valence-electron chi connectivity index (χ3n) is 2.90. The van der Waals surface area contributed by atoms with E-state index in [1.165, 1.54) is 0 Å². The Bertz CT molecular complexity index is 490. The highest BCUT2D eigenvalue weighted by molar-refractivity contribution is 5.81. The summed E-state index contributed by atoms with van der Waals surface area (Å²) in [6, 6.07) is 3.93. The van der Waals surface area contributed by atoms with Gasteiger partial charge >= 0.3 is 0 Å². The number of nitrogens with one attached hydrogen (secondary N) is 1. The van der Waals surface area contributed by atoms with Crippen molar-refractivity contribution in [3.05, 3.63) is 29.5 Å². The topological polar surface area (TPSA) is 74.9 Å². The maximum absolute atomic E-state index is 9.38. The second-order valence-corrected chi connectivity index (χ2v) is 4.36. The number of aryl methyl sites for hydroxylation is 1. The van der Waals surface area contributed by atoms with Crippen molar-refractivity contribution in [2.24, 2.45) is 5.73 Å². The van der Waals surface area contributed by atoms with Gasteiger partial charge in [0, 0.05) is 11.4 Å². The number of aliphatic hydroxyl groups excluding tert-OH is 1. The van der Waals surface area contributed by atoms with Gasteiger partial charge in [-0.1, -0.05) is 6.07 Å². The van der Waals surface area contributed by atoms with Gasteiger partial charge < -0.3 is 10.8 Å². The van der Waals surface area contributed by atoms with Crippen molar-refractivity contribution in [1.29, 1.82) is 0 Å². The number of nitrogens with two attached hydrogens (primary N) is 1. The monoisotopic (exact) mass is 219 g/mol. The molecule has 0 aliphatic rings. The molecule has 4 heteroatoms. The lowest BCUT2D eigenvalue weighted by Gasteiger charge is -2.15. The molecule has 2 atom stereocenters. The van der Waals surface area contributed by atoms with Gasteiger partial charge in [0.15, 0.2) is 0 Å². The van der Waals surface area contributed by atoms with E-state index in [1.54, 1.807) is 13.1 Å². The third-order valence-corrected chi connectivity index (χ3v) is 2.90. The Kier molecular flexibility index (Phi) is 2.94. The lowest BCUT2D eigenvalue weighted by atomic mass is 9.99. The Morgan fingerprint density at radius 1 is 1.50 bits per heavy atom. The predicted molar refractivity (Wildman–Crippen MR) is 64.2 cm³/mol. The first kappa shape index (κ1) is 11.1. The minimum Gasteiger partial charge on any atom is -0.392 e. The molecule has 16 heavy (non-hydrogen) atoms. The van der Waals surface area contributed by atoms with Gasteiger partial charge in [-0.15, -0.1) is 0 Å². The van der Waals surface area contributed by atoms with Gasteiger partial charge in [-0.25, -0.2) is 0 Å². The van der Waals surface area contributed by atoms with E-state index in [2.05, 4.69) is 22.3 Å². The van der Waals surface area contributed by atoms with Crippen molar-refractivity contribution in [3.8, 4) is 0 Å². The first-order chi connectivity index (χ1) is 7.58. The van der Waals surface area contributed by atoms with Crippen LogP contribution in [0, 0.1) is 6.92 Å². The zero-order valence-electron chi connectivity index (χ0n) is 9.57. The summed E-state index contributed by atoms with van der Waals surface area (Å²) in [6.07, 6.45) is 2.00. The summed E-state index contributed by atoms with van der Waals surface area (Å²) < 4.78 is 0. The maximum atomic E-state index is 9.38. The Hall–Kier alpha value is -1.39. The minimum atomic E-state index is -0.486. The van der Waals surface area contributed by atoms with Gasteiger partial charge in [0.05, 0.1) is 17.8 Å². The van der Waals surface area contributed by atoms with E-state index >= 15 is 0 Å².